The number of carbonyl (C=O) groups excluding carboxylic acids is 1. The van der Waals surface area contributed by atoms with Crippen LogP contribution in [0.5, 0.6) is 0 Å². The van der Waals surface area contributed by atoms with E-state index in [4.69, 9.17) is 5.11 Å². The Kier molecular flexibility index (Phi) is 3.14. The van der Waals surface area contributed by atoms with E-state index in [1.807, 2.05) is 0 Å². The van der Waals surface area contributed by atoms with Crippen molar-refractivity contribution in [1.29, 1.82) is 0 Å². The van der Waals surface area contributed by atoms with Gasteiger partial charge in [0.1, 0.15) is 5.82 Å². The van der Waals surface area contributed by atoms with E-state index >= 15 is 0 Å². The number of halogens is 1. The molecule has 0 aliphatic carbocycles. The van der Waals surface area contributed by atoms with Crippen LogP contribution in [0.3, 0.4) is 0 Å². The summed E-state index contributed by atoms with van der Waals surface area (Å²) < 4.78 is 13.5. The van der Waals surface area contributed by atoms with E-state index < -0.39 is 17.6 Å². The summed E-state index contributed by atoms with van der Waals surface area (Å²) >= 11 is 0. The summed E-state index contributed by atoms with van der Waals surface area (Å²) in [7, 11) is 0. The Labute approximate surface area is 102 Å². The van der Waals surface area contributed by atoms with Gasteiger partial charge in [-0.25, -0.2) is 14.2 Å². The first-order valence-electron chi connectivity index (χ1n) is 5.09. The van der Waals surface area contributed by atoms with Crippen molar-refractivity contribution in [2.24, 2.45) is 0 Å². The van der Waals surface area contributed by atoms with Gasteiger partial charge in [0.05, 0.1) is 11.1 Å². The lowest BCUT2D eigenvalue weighted by atomic mass is 10.0. The second-order valence-electron chi connectivity index (χ2n) is 3.51. The summed E-state index contributed by atoms with van der Waals surface area (Å²) in [6, 6.07) is 8.15. The van der Waals surface area contributed by atoms with Crippen LogP contribution in [0, 0.1) is 5.82 Å². The maximum atomic E-state index is 13.5. The fourth-order valence-electron chi connectivity index (χ4n) is 1.55. The van der Waals surface area contributed by atoms with Crippen molar-refractivity contribution in [3.05, 3.63) is 65.2 Å². The minimum absolute atomic E-state index is 0.130. The van der Waals surface area contributed by atoms with Gasteiger partial charge < -0.3 is 5.11 Å². The lowest BCUT2D eigenvalue weighted by Gasteiger charge is -2.04. The van der Waals surface area contributed by atoms with Gasteiger partial charge in [-0.05, 0) is 24.3 Å². The van der Waals surface area contributed by atoms with Crippen molar-refractivity contribution < 1.29 is 19.1 Å². The van der Waals surface area contributed by atoms with E-state index in [2.05, 4.69) is 4.98 Å². The first kappa shape index (κ1) is 11.9. The number of carboxylic acid groups (broad SMARTS) is 1. The largest absolute Gasteiger partial charge is 0.476 e. The van der Waals surface area contributed by atoms with E-state index in [1.54, 1.807) is 0 Å². The first-order valence-corrected chi connectivity index (χ1v) is 5.09. The number of benzene rings is 1. The molecule has 2 rings (SSSR count). The van der Waals surface area contributed by atoms with Crippen molar-refractivity contribution in [2.45, 2.75) is 0 Å². The highest BCUT2D eigenvalue weighted by molar-refractivity contribution is 6.13. The number of aromatic carboxylic acids is 1. The number of nitrogens with zero attached hydrogens (tertiary/aromatic N) is 1. The molecule has 0 spiro atoms. The number of hydrogen-bond donors (Lipinski definition) is 1. The zero-order valence-corrected chi connectivity index (χ0v) is 9.13. The molecule has 1 aromatic carbocycles. The van der Waals surface area contributed by atoms with Gasteiger partial charge >= 0.3 is 5.97 Å². The quantitative estimate of drug-likeness (QED) is 0.841. The second kappa shape index (κ2) is 4.75. The standard InChI is InChI=1S/C13H8FNO3/c14-10-6-2-1-4-8(10)12(16)9-5-3-7-15-11(9)13(17)18/h1-7H,(H,17,18). The molecule has 0 saturated carbocycles. The molecule has 5 heteroatoms. The summed E-state index contributed by atoms with van der Waals surface area (Å²) in [4.78, 5) is 26.6. The first-order chi connectivity index (χ1) is 8.61. The molecule has 2 aromatic rings. The van der Waals surface area contributed by atoms with E-state index in [0.29, 0.717) is 0 Å². The molecule has 0 radical (unpaired) electrons. The Balaban J connectivity index is 2.54. The van der Waals surface area contributed by atoms with Crippen LogP contribution in [-0.4, -0.2) is 21.8 Å². The summed E-state index contributed by atoms with van der Waals surface area (Å²) in [5, 5.41) is 8.92. The van der Waals surface area contributed by atoms with Gasteiger partial charge in [-0.1, -0.05) is 12.1 Å². The molecule has 0 bridgehead atoms. The van der Waals surface area contributed by atoms with Crippen molar-refractivity contribution in [1.82, 2.24) is 4.98 Å². The Morgan fingerprint density at radius 3 is 2.39 bits per heavy atom. The number of ketones is 1. The highest BCUT2D eigenvalue weighted by Crippen LogP contribution is 2.15. The van der Waals surface area contributed by atoms with Crippen molar-refractivity contribution in [3.63, 3.8) is 0 Å². The molecule has 90 valence electrons. The Hall–Kier alpha value is -2.56. The summed E-state index contributed by atoms with van der Waals surface area (Å²) in [5.41, 5.74) is -0.686. The molecule has 1 N–H and O–H groups in total. The second-order valence-corrected chi connectivity index (χ2v) is 3.51. The Morgan fingerprint density at radius 2 is 1.72 bits per heavy atom. The van der Waals surface area contributed by atoms with Crippen molar-refractivity contribution in [3.8, 4) is 0 Å². The lowest BCUT2D eigenvalue weighted by molar-refractivity contribution is 0.0686. The van der Waals surface area contributed by atoms with Crippen LogP contribution in [-0.2, 0) is 0 Å². The van der Waals surface area contributed by atoms with Crippen molar-refractivity contribution in [2.75, 3.05) is 0 Å². The van der Waals surface area contributed by atoms with Crippen LogP contribution in [0.1, 0.15) is 26.4 Å². The number of pyridine rings is 1. The number of carbonyl (C=O) groups is 2. The fourth-order valence-corrected chi connectivity index (χ4v) is 1.55. The number of aromatic nitrogens is 1. The van der Waals surface area contributed by atoms with Crippen LogP contribution >= 0.6 is 0 Å². The SMILES string of the molecule is O=C(c1ccccc1F)c1cccnc1C(=O)O. The molecular formula is C13H8FNO3. The smallest absolute Gasteiger partial charge is 0.355 e. The highest BCUT2D eigenvalue weighted by atomic mass is 19.1. The maximum Gasteiger partial charge on any atom is 0.355 e. The number of rotatable bonds is 3. The monoisotopic (exact) mass is 245 g/mol. The minimum atomic E-state index is -1.32. The molecule has 0 aliphatic rings. The Bertz CT molecular complexity index is 625. The molecule has 4 nitrogen and oxygen atoms in total. The Morgan fingerprint density at radius 1 is 1.06 bits per heavy atom. The molecule has 0 fully saturated rings. The molecule has 0 unspecified atom stereocenters. The van der Waals surface area contributed by atoms with Gasteiger partial charge in [0.15, 0.2) is 11.5 Å². The van der Waals surface area contributed by atoms with Gasteiger partial charge in [-0.2, -0.15) is 0 Å². The third kappa shape index (κ3) is 2.10. The minimum Gasteiger partial charge on any atom is -0.476 e. The number of hydrogen-bond acceptors (Lipinski definition) is 3. The average molecular weight is 245 g/mol. The van der Waals surface area contributed by atoms with Crippen LogP contribution in [0.15, 0.2) is 42.6 Å². The summed E-state index contributed by atoms with van der Waals surface area (Å²) in [6.45, 7) is 0. The molecule has 1 aromatic heterocycles. The molecule has 0 atom stereocenters. The molecule has 0 amide bonds. The van der Waals surface area contributed by atoms with Crippen LogP contribution in [0.25, 0.3) is 0 Å². The van der Waals surface area contributed by atoms with Gasteiger partial charge in [0.2, 0.25) is 0 Å². The van der Waals surface area contributed by atoms with Crippen LogP contribution in [0.2, 0.25) is 0 Å². The predicted molar refractivity (Wildman–Crippen MR) is 61.0 cm³/mol. The zero-order chi connectivity index (χ0) is 13.1. The van der Waals surface area contributed by atoms with Gasteiger partial charge in [0, 0.05) is 6.20 Å². The third-order valence-electron chi connectivity index (χ3n) is 2.37. The number of carboxylic acids is 1. The van der Waals surface area contributed by atoms with E-state index in [1.165, 1.54) is 36.5 Å². The lowest BCUT2D eigenvalue weighted by Crippen LogP contribution is -2.12. The van der Waals surface area contributed by atoms with E-state index in [9.17, 15) is 14.0 Å². The molecule has 0 aliphatic heterocycles. The predicted octanol–water partition coefficient (Wildman–Crippen LogP) is 2.15. The fraction of sp³-hybridized carbons (Fsp3) is 0. The van der Waals surface area contributed by atoms with E-state index in [0.717, 1.165) is 6.07 Å². The van der Waals surface area contributed by atoms with E-state index in [-0.39, 0.29) is 16.8 Å². The molecule has 0 saturated heterocycles. The van der Waals surface area contributed by atoms with Crippen molar-refractivity contribution >= 4 is 11.8 Å². The van der Waals surface area contributed by atoms with Crippen LogP contribution < -0.4 is 0 Å². The molecular weight excluding hydrogens is 237 g/mol. The summed E-state index contributed by atoms with van der Waals surface area (Å²) in [6.07, 6.45) is 1.27. The topological polar surface area (TPSA) is 67.3 Å². The summed E-state index contributed by atoms with van der Waals surface area (Å²) in [5.74, 6) is -2.71. The molecule has 1 heterocycles. The third-order valence-corrected chi connectivity index (χ3v) is 2.37. The van der Waals surface area contributed by atoms with Gasteiger partial charge in [-0.15, -0.1) is 0 Å². The van der Waals surface area contributed by atoms with Gasteiger partial charge in [0.25, 0.3) is 0 Å². The highest BCUT2D eigenvalue weighted by Gasteiger charge is 2.20. The maximum absolute atomic E-state index is 13.5. The van der Waals surface area contributed by atoms with Crippen LogP contribution in [0.4, 0.5) is 4.39 Å². The molecule has 18 heavy (non-hydrogen) atoms. The normalized spacial score (nSPS) is 10.1. The zero-order valence-electron chi connectivity index (χ0n) is 9.13. The average Bonchev–Trinajstić information content (AvgIpc) is 2.38. The van der Waals surface area contributed by atoms with Gasteiger partial charge in [-0.3, -0.25) is 4.79 Å².